The molecule has 3 rings (SSSR count). The van der Waals surface area contributed by atoms with Gasteiger partial charge in [-0.3, -0.25) is 4.79 Å². The van der Waals surface area contributed by atoms with E-state index >= 15 is 0 Å². The van der Waals surface area contributed by atoms with Gasteiger partial charge >= 0.3 is 5.97 Å². The lowest BCUT2D eigenvalue weighted by Crippen LogP contribution is -2.12. The molecule has 0 fully saturated rings. The number of carbonyl (C=O) groups is 2. The Bertz CT molecular complexity index is 1020. The Morgan fingerprint density at radius 2 is 1.52 bits per heavy atom. The zero-order chi connectivity index (χ0) is 20.8. The summed E-state index contributed by atoms with van der Waals surface area (Å²) < 4.78 is 10.4. The third-order valence-electron chi connectivity index (χ3n) is 4.08. The van der Waals surface area contributed by atoms with Gasteiger partial charge in [-0.2, -0.15) is 0 Å². The van der Waals surface area contributed by atoms with Gasteiger partial charge in [-0.15, -0.1) is 0 Å². The zero-order valence-electron chi connectivity index (χ0n) is 15.4. The molecule has 0 saturated heterocycles. The Labute approximate surface area is 178 Å². The quantitative estimate of drug-likeness (QED) is 0.517. The first-order valence-corrected chi connectivity index (χ1v) is 9.38. The van der Waals surface area contributed by atoms with Gasteiger partial charge in [0.2, 0.25) is 0 Å². The Morgan fingerprint density at radius 1 is 0.862 bits per heavy atom. The van der Waals surface area contributed by atoms with Crippen molar-refractivity contribution in [2.24, 2.45) is 0 Å². The number of halogens is 2. The molecule has 0 atom stereocenters. The normalized spacial score (nSPS) is 10.3. The first-order chi connectivity index (χ1) is 14.0. The van der Waals surface area contributed by atoms with Crippen molar-refractivity contribution in [3.05, 3.63) is 93.5 Å². The molecule has 3 aromatic carbocycles. The summed E-state index contributed by atoms with van der Waals surface area (Å²) >= 11 is 11.8. The highest BCUT2D eigenvalue weighted by Crippen LogP contribution is 2.23. The van der Waals surface area contributed by atoms with Crippen LogP contribution in [0.4, 0.5) is 5.69 Å². The molecule has 29 heavy (non-hydrogen) atoms. The molecular weight excluding hydrogens is 413 g/mol. The van der Waals surface area contributed by atoms with Gasteiger partial charge in [-0.25, -0.2) is 4.79 Å². The van der Waals surface area contributed by atoms with Crippen LogP contribution < -0.4 is 10.1 Å². The molecule has 1 amide bonds. The van der Waals surface area contributed by atoms with Crippen LogP contribution in [-0.4, -0.2) is 19.0 Å². The van der Waals surface area contributed by atoms with Gasteiger partial charge in [0.05, 0.1) is 22.7 Å². The van der Waals surface area contributed by atoms with E-state index in [0.29, 0.717) is 32.6 Å². The molecular formula is C22H17Cl2NO4. The number of carbonyl (C=O) groups excluding carboxylic acids is 2. The third kappa shape index (κ3) is 5.50. The van der Waals surface area contributed by atoms with Crippen LogP contribution in [0.3, 0.4) is 0 Å². The topological polar surface area (TPSA) is 64.6 Å². The summed E-state index contributed by atoms with van der Waals surface area (Å²) in [5.41, 5.74) is 2.16. The lowest BCUT2D eigenvalue weighted by Gasteiger charge is -2.08. The van der Waals surface area contributed by atoms with E-state index < -0.39 is 5.97 Å². The van der Waals surface area contributed by atoms with Crippen molar-refractivity contribution in [2.75, 3.05) is 12.4 Å². The standard InChI is InChI=1S/C22H17Cl2NO4/c1-28-18-9-5-15(6-10-18)21(26)25-17-7-3-16(4-8-17)22(27)29-13-14-2-11-19(23)20(24)12-14/h2-12H,13H2,1H3,(H,25,26). The number of benzene rings is 3. The fraction of sp³-hybridized carbons (Fsp3) is 0.0909. The Balaban J connectivity index is 1.57. The maximum atomic E-state index is 12.3. The predicted molar refractivity (Wildman–Crippen MR) is 113 cm³/mol. The molecule has 1 N–H and O–H groups in total. The van der Waals surface area contributed by atoms with Crippen LogP contribution in [0.25, 0.3) is 0 Å². The Hall–Kier alpha value is -3.02. The smallest absolute Gasteiger partial charge is 0.338 e. The summed E-state index contributed by atoms with van der Waals surface area (Å²) in [6, 6.07) is 18.2. The van der Waals surface area contributed by atoms with Crippen molar-refractivity contribution < 1.29 is 19.1 Å². The van der Waals surface area contributed by atoms with Crippen LogP contribution in [0.1, 0.15) is 26.3 Å². The number of methoxy groups -OCH3 is 1. The summed E-state index contributed by atoms with van der Waals surface area (Å²) in [7, 11) is 1.56. The second kappa shape index (κ2) is 9.45. The first-order valence-electron chi connectivity index (χ1n) is 8.63. The van der Waals surface area contributed by atoms with Crippen molar-refractivity contribution in [3.8, 4) is 5.75 Å². The van der Waals surface area contributed by atoms with Gasteiger partial charge in [0.15, 0.2) is 0 Å². The molecule has 0 radical (unpaired) electrons. The van der Waals surface area contributed by atoms with E-state index in [-0.39, 0.29) is 12.5 Å². The van der Waals surface area contributed by atoms with Gasteiger partial charge in [0.25, 0.3) is 5.91 Å². The van der Waals surface area contributed by atoms with Crippen LogP contribution in [0.2, 0.25) is 10.0 Å². The van der Waals surface area contributed by atoms with Crippen molar-refractivity contribution in [1.29, 1.82) is 0 Å². The fourth-order valence-electron chi connectivity index (χ4n) is 2.50. The minimum Gasteiger partial charge on any atom is -0.497 e. The van der Waals surface area contributed by atoms with Crippen molar-refractivity contribution >= 4 is 40.8 Å². The number of ether oxygens (including phenoxy) is 2. The average Bonchev–Trinajstić information content (AvgIpc) is 2.75. The number of hydrogen-bond donors (Lipinski definition) is 1. The van der Waals surface area contributed by atoms with E-state index in [0.717, 1.165) is 5.56 Å². The molecule has 0 aliphatic rings. The molecule has 3 aromatic rings. The lowest BCUT2D eigenvalue weighted by atomic mass is 10.1. The predicted octanol–water partition coefficient (Wildman–Crippen LogP) is 5.61. The van der Waals surface area contributed by atoms with Crippen molar-refractivity contribution in [2.45, 2.75) is 6.61 Å². The highest BCUT2D eigenvalue weighted by molar-refractivity contribution is 6.42. The largest absolute Gasteiger partial charge is 0.497 e. The Morgan fingerprint density at radius 3 is 2.14 bits per heavy atom. The van der Waals surface area contributed by atoms with Gasteiger partial charge in [-0.05, 0) is 66.2 Å². The van der Waals surface area contributed by atoms with Crippen LogP contribution in [-0.2, 0) is 11.3 Å². The second-order valence-corrected chi connectivity index (χ2v) is 6.90. The lowest BCUT2D eigenvalue weighted by molar-refractivity contribution is 0.0472. The average molecular weight is 430 g/mol. The molecule has 0 aliphatic carbocycles. The van der Waals surface area contributed by atoms with E-state index in [4.69, 9.17) is 32.7 Å². The van der Waals surface area contributed by atoms with E-state index in [1.54, 1.807) is 73.8 Å². The molecule has 5 nitrogen and oxygen atoms in total. The molecule has 0 bridgehead atoms. The van der Waals surface area contributed by atoms with Gasteiger partial charge in [0, 0.05) is 11.3 Å². The SMILES string of the molecule is COc1ccc(C(=O)Nc2ccc(C(=O)OCc3ccc(Cl)c(Cl)c3)cc2)cc1. The molecule has 0 aromatic heterocycles. The van der Waals surface area contributed by atoms with Gasteiger partial charge < -0.3 is 14.8 Å². The summed E-state index contributed by atoms with van der Waals surface area (Å²) in [4.78, 5) is 24.5. The summed E-state index contributed by atoms with van der Waals surface area (Å²) in [6.45, 7) is 0.0751. The maximum Gasteiger partial charge on any atom is 0.338 e. The summed E-state index contributed by atoms with van der Waals surface area (Å²) in [5, 5.41) is 3.61. The number of amides is 1. The van der Waals surface area contributed by atoms with Gasteiger partial charge in [0.1, 0.15) is 12.4 Å². The second-order valence-electron chi connectivity index (χ2n) is 6.08. The van der Waals surface area contributed by atoms with Crippen molar-refractivity contribution in [1.82, 2.24) is 0 Å². The number of rotatable bonds is 6. The highest BCUT2D eigenvalue weighted by Gasteiger charge is 2.10. The number of hydrogen-bond acceptors (Lipinski definition) is 4. The summed E-state index contributed by atoms with van der Waals surface area (Å²) in [6.07, 6.45) is 0. The molecule has 0 spiro atoms. The zero-order valence-corrected chi connectivity index (χ0v) is 17.0. The van der Waals surface area contributed by atoms with Crippen molar-refractivity contribution in [3.63, 3.8) is 0 Å². The number of nitrogens with one attached hydrogen (secondary N) is 1. The summed E-state index contributed by atoms with van der Waals surface area (Å²) in [5.74, 6) is -0.0722. The van der Waals surface area contributed by atoms with Crippen LogP contribution in [0.5, 0.6) is 5.75 Å². The fourth-order valence-corrected chi connectivity index (χ4v) is 2.82. The van der Waals surface area contributed by atoms with Crippen LogP contribution in [0.15, 0.2) is 66.7 Å². The monoisotopic (exact) mass is 429 g/mol. The minimum atomic E-state index is -0.482. The first kappa shape index (κ1) is 20.7. The van der Waals surface area contributed by atoms with Crippen LogP contribution in [0, 0.1) is 0 Å². The van der Waals surface area contributed by atoms with Gasteiger partial charge in [-0.1, -0.05) is 29.3 Å². The molecule has 0 saturated carbocycles. The molecule has 148 valence electrons. The molecule has 7 heteroatoms. The highest BCUT2D eigenvalue weighted by atomic mass is 35.5. The Kier molecular flexibility index (Phi) is 6.75. The van der Waals surface area contributed by atoms with E-state index in [2.05, 4.69) is 5.32 Å². The maximum absolute atomic E-state index is 12.3. The minimum absolute atomic E-state index is 0.0751. The molecule has 0 unspecified atom stereocenters. The number of esters is 1. The van der Waals surface area contributed by atoms with Crippen LogP contribution >= 0.6 is 23.2 Å². The molecule has 0 heterocycles. The molecule has 0 aliphatic heterocycles. The number of anilines is 1. The van der Waals surface area contributed by atoms with E-state index in [1.807, 2.05) is 0 Å². The third-order valence-corrected chi connectivity index (χ3v) is 4.82. The van der Waals surface area contributed by atoms with E-state index in [1.165, 1.54) is 0 Å². The van der Waals surface area contributed by atoms with E-state index in [9.17, 15) is 9.59 Å².